The first-order valence-corrected chi connectivity index (χ1v) is 9.59. The molecule has 1 aliphatic heterocycles. The van der Waals surface area contributed by atoms with Crippen LogP contribution in [-0.4, -0.2) is 51.4 Å². The average molecular weight is 354 g/mol. The Kier molecular flexibility index (Phi) is 6.19. The average Bonchev–Trinajstić information content (AvgIpc) is 2.89. The van der Waals surface area contributed by atoms with Gasteiger partial charge in [0, 0.05) is 12.5 Å². The Balaban J connectivity index is 1.68. The van der Waals surface area contributed by atoms with Crippen molar-refractivity contribution in [3.63, 3.8) is 0 Å². The fourth-order valence-corrected chi connectivity index (χ4v) is 4.21. The van der Waals surface area contributed by atoms with Crippen molar-refractivity contribution < 1.29 is 22.7 Å². The number of benzene rings is 1. The van der Waals surface area contributed by atoms with Gasteiger partial charge in [-0.2, -0.15) is 0 Å². The van der Waals surface area contributed by atoms with Crippen LogP contribution in [0.2, 0.25) is 0 Å². The number of methoxy groups -OCH3 is 1. The molecule has 1 aromatic carbocycles. The molecule has 8 heteroatoms. The van der Waals surface area contributed by atoms with E-state index in [1.807, 2.05) is 24.3 Å². The highest BCUT2D eigenvalue weighted by Gasteiger charge is 2.28. The molecule has 1 unspecified atom stereocenters. The summed E-state index contributed by atoms with van der Waals surface area (Å²) in [6, 6.07) is 7.10. The van der Waals surface area contributed by atoms with Gasteiger partial charge in [-0.1, -0.05) is 12.1 Å². The van der Waals surface area contributed by atoms with Crippen LogP contribution < -0.4 is 15.4 Å². The Morgan fingerprint density at radius 2 is 2.08 bits per heavy atom. The lowest BCUT2D eigenvalue weighted by molar-refractivity contribution is -0.126. The number of hydrogen-bond donors (Lipinski definition) is 2. The summed E-state index contributed by atoms with van der Waals surface area (Å²) in [6.45, 7) is -0.145. The molecule has 132 valence electrons. The van der Waals surface area contributed by atoms with Gasteiger partial charge in [0.15, 0.2) is 9.84 Å². The topological polar surface area (TPSA) is 102 Å². The molecule has 0 radical (unpaired) electrons. The Morgan fingerprint density at radius 1 is 1.29 bits per heavy atom. The fourth-order valence-electron chi connectivity index (χ4n) is 2.54. The molecule has 1 heterocycles. The van der Waals surface area contributed by atoms with E-state index in [0.29, 0.717) is 12.8 Å². The molecule has 2 amide bonds. The monoisotopic (exact) mass is 354 g/mol. The van der Waals surface area contributed by atoms with Gasteiger partial charge in [-0.3, -0.25) is 9.59 Å². The minimum atomic E-state index is -3.03. The molecule has 1 fully saturated rings. The summed E-state index contributed by atoms with van der Waals surface area (Å²) in [5.74, 6) is 0.213. The highest BCUT2D eigenvalue weighted by atomic mass is 32.2. The molecule has 24 heavy (non-hydrogen) atoms. The van der Waals surface area contributed by atoms with Crippen molar-refractivity contribution in [2.45, 2.75) is 25.3 Å². The lowest BCUT2D eigenvalue weighted by Crippen LogP contribution is -2.42. The number of sulfone groups is 1. The first-order valence-electron chi connectivity index (χ1n) is 7.77. The molecule has 0 aromatic heterocycles. The van der Waals surface area contributed by atoms with Crippen LogP contribution in [0.5, 0.6) is 5.75 Å². The van der Waals surface area contributed by atoms with Crippen molar-refractivity contribution in [2.75, 3.05) is 25.2 Å². The smallest absolute Gasteiger partial charge is 0.239 e. The SMILES string of the molecule is COc1cccc(CCC(=O)NCC(=O)NC2CCS(=O)(=O)C2)c1. The molecule has 1 aliphatic rings. The van der Waals surface area contributed by atoms with E-state index in [-0.39, 0.29) is 42.3 Å². The largest absolute Gasteiger partial charge is 0.497 e. The third kappa shape index (κ3) is 5.84. The van der Waals surface area contributed by atoms with Gasteiger partial charge in [0.1, 0.15) is 5.75 Å². The van der Waals surface area contributed by atoms with Gasteiger partial charge in [-0.15, -0.1) is 0 Å². The molecule has 0 bridgehead atoms. The molecule has 2 N–H and O–H groups in total. The Bertz CT molecular complexity index is 702. The number of ether oxygens (including phenoxy) is 1. The van der Waals surface area contributed by atoms with E-state index in [1.165, 1.54) is 0 Å². The van der Waals surface area contributed by atoms with Crippen molar-refractivity contribution in [2.24, 2.45) is 0 Å². The first kappa shape index (κ1) is 18.3. The van der Waals surface area contributed by atoms with Crippen molar-refractivity contribution >= 4 is 21.7 Å². The number of carbonyl (C=O) groups excluding carboxylic acids is 2. The predicted molar refractivity (Wildman–Crippen MR) is 89.5 cm³/mol. The van der Waals surface area contributed by atoms with Gasteiger partial charge in [-0.05, 0) is 30.5 Å². The zero-order chi connectivity index (χ0) is 17.6. The van der Waals surface area contributed by atoms with E-state index in [2.05, 4.69) is 10.6 Å². The Labute approximate surface area is 141 Å². The lowest BCUT2D eigenvalue weighted by atomic mass is 10.1. The fraction of sp³-hybridized carbons (Fsp3) is 0.500. The maximum absolute atomic E-state index is 11.8. The van der Waals surface area contributed by atoms with Crippen molar-refractivity contribution in [1.29, 1.82) is 0 Å². The second-order valence-electron chi connectivity index (χ2n) is 5.80. The number of rotatable bonds is 7. The molecule has 1 atom stereocenters. The molecular formula is C16H22N2O5S. The van der Waals surface area contributed by atoms with Crippen LogP contribution in [0, 0.1) is 0 Å². The number of nitrogens with one attached hydrogen (secondary N) is 2. The molecule has 0 saturated carbocycles. The second-order valence-corrected chi connectivity index (χ2v) is 8.02. The summed E-state index contributed by atoms with van der Waals surface area (Å²) in [5, 5.41) is 5.17. The summed E-state index contributed by atoms with van der Waals surface area (Å²) in [5.41, 5.74) is 0.977. The van der Waals surface area contributed by atoms with Gasteiger partial charge in [0.2, 0.25) is 11.8 Å². The number of carbonyl (C=O) groups is 2. The minimum absolute atomic E-state index is 0.0253. The Hall–Kier alpha value is -2.09. The van der Waals surface area contributed by atoms with Crippen LogP contribution in [0.15, 0.2) is 24.3 Å². The summed E-state index contributed by atoms with van der Waals surface area (Å²) < 4.78 is 27.8. The van der Waals surface area contributed by atoms with Crippen LogP contribution >= 0.6 is 0 Å². The summed E-state index contributed by atoms with van der Waals surface area (Å²) in [6.07, 6.45) is 1.24. The number of amides is 2. The lowest BCUT2D eigenvalue weighted by Gasteiger charge is -2.11. The zero-order valence-corrected chi connectivity index (χ0v) is 14.4. The maximum Gasteiger partial charge on any atom is 0.239 e. The summed E-state index contributed by atoms with van der Waals surface area (Å²) >= 11 is 0. The number of hydrogen-bond acceptors (Lipinski definition) is 5. The van der Waals surface area contributed by atoms with E-state index in [9.17, 15) is 18.0 Å². The van der Waals surface area contributed by atoms with Crippen LogP contribution in [0.1, 0.15) is 18.4 Å². The van der Waals surface area contributed by atoms with Crippen LogP contribution in [-0.2, 0) is 25.8 Å². The summed E-state index contributed by atoms with van der Waals surface area (Å²) in [7, 11) is -1.45. The predicted octanol–water partition coefficient (Wildman–Crippen LogP) is 0.0473. The van der Waals surface area contributed by atoms with Gasteiger partial charge >= 0.3 is 0 Å². The third-order valence-corrected chi connectivity index (χ3v) is 5.59. The van der Waals surface area contributed by atoms with E-state index in [1.54, 1.807) is 7.11 Å². The molecule has 1 aromatic rings. The van der Waals surface area contributed by atoms with E-state index in [0.717, 1.165) is 11.3 Å². The molecule has 0 spiro atoms. The van der Waals surface area contributed by atoms with Gasteiger partial charge in [0.25, 0.3) is 0 Å². The van der Waals surface area contributed by atoms with Crippen molar-refractivity contribution in [1.82, 2.24) is 10.6 Å². The van der Waals surface area contributed by atoms with Gasteiger partial charge in [0.05, 0.1) is 25.2 Å². The molecule has 1 saturated heterocycles. The molecule has 2 rings (SSSR count). The van der Waals surface area contributed by atoms with Crippen molar-refractivity contribution in [3.8, 4) is 5.75 Å². The first-order chi connectivity index (χ1) is 11.4. The van der Waals surface area contributed by atoms with Crippen molar-refractivity contribution in [3.05, 3.63) is 29.8 Å². The minimum Gasteiger partial charge on any atom is -0.497 e. The van der Waals surface area contributed by atoms with E-state index in [4.69, 9.17) is 4.74 Å². The molecule has 7 nitrogen and oxygen atoms in total. The highest BCUT2D eigenvalue weighted by molar-refractivity contribution is 7.91. The standard InChI is InChI=1S/C16H22N2O5S/c1-23-14-4-2-3-12(9-14)5-6-15(19)17-10-16(20)18-13-7-8-24(21,22)11-13/h2-4,9,13H,5-8,10-11H2,1H3,(H,17,19)(H,18,20). The Morgan fingerprint density at radius 3 is 2.75 bits per heavy atom. The normalized spacial score (nSPS) is 18.8. The summed E-state index contributed by atoms with van der Waals surface area (Å²) in [4.78, 5) is 23.5. The van der Waals surface area contributed by atoms with Crippen LogP contribution in [0.4, 0.5) is 0 Å². The highest BCUT2D eigenvalue weighted by Crippen LogP contribution is 2.14. The third-order valence-electron chi connectivity index (χ3n) is 3.82. The van der Waals surface area contributed by atoms with E-state index >= 15 is 0 Å². The van der Waals surface area contributed by atoms with E-state index < -0.39 is 9.84 Å². The van der Waals surface area contributed by atoms with Gasteiger partial charge < -0.3 is 15.4 Å². The van der Waals surface area contributed by atoms with Crippen LogP contribution in [0.25, 0.3) is 0 Å². The molecular weight excluding hydrogens is 332 g/mol. The quantitative estimate of drug-likeness (QED) is 0.720. The van der Waals surface area contributed by atoms with Gasteiger partial charge in [-0.25, -0.2) is 8.42 Å². The second kappa shape index (κ2) is 8.14. The molecule has 0 aliphatic carbocycles. The van der Waals surface area contributed by atoms with Crippen LogP contribution in [0.3, 0.4) is 0 Å². The number of aryl methyl sites for hydroxylation is 1. The zero-order valence-electron chi connectivity index (χ0n) is 13.6. The maximum atomic E-state index is 11.8.